The molecule has 5 rings (SSSR count). The smallest absolute Gasteiger partial charge is 0.329 e. The van der Waals surface area contributed by atoms with Gasteiger partial charge in [-0.3, -0.25) is 9.79 Å². The van der Waals surface area contributed by atoms with Crippen LogP contribution in [0.25, 0.3) is 10.1 Å². The number of esters is 1. The first-order valence-corrected chi connectivity index (χ1v) is 14.2. The third-order valence-corrected chi connectivity index (χ3v) is 10.1. The van der Waals surface area contributed by atoms with Crippen LogP contribution in [0.4, 0.5) is 0 Å². The molecular formula is C25H25ClN4O5S2. The lowest BCUT2D eigenvalue weighted by Crippen LogP contribution is -2.60. The highest BCUT2D eigenvalue weighted by molar-refractivity contribution is 7.91. The first-order valence-electron chi connectivity index (χ1n) is 11.6. The van der Waals surface area contributed by atoms with Gasteiger partial charge in [0.15, 0.2) is 0 Å². The van der Waals surface area contributed by atoms with Gasteiger partial charge in [-0.15, -0.1) is 11.3 Å². The number of sulfonamides is 1. The van der Waals surface area contributed by atoms with Gasteiger partial charge in [0.1, 0.15) is 16.1 Å². The Hall–Kier alpha value is -2.99. The van der Waals surface area contributed by atoms with E-state index < -0.39 is 27.9 Å². The topological polar surface area (TPSA) is 99.6 Å². The minimum Gasteiger partial charge on any atom is -0.467 e. The number of hydrogen-bond donors (Lipinski definition) is 0. The lowest BCUT2D eigenvalue weighted by atomic mass is 10.1. The lowest BCUT2D eigenvalue weighted by Gasteiger charge is -2.38. The van der Waals surface area contributed by atoms with Crippen LogP contribution in [0.3, 0.4) is 0 Å². The summed E-state index contributed by atoms with van der Waals surface area (Å²) < 4.78 is 33.7. The molecule has 3 heterocycles. The van der Waals surface area contributed by atoms with Crippen LogP contribution in [0.1, 0.15) is 11.1 Å². The number of rotatable bonds is 6. The Kier molecular flexibility index (Phi) is 6.97. The molecule has 3 aromatic rings. The summed E-state index contributed by atoms with van der Waals surface area (Å²) in [4.78, 5) is 33.9. The molecule has 1 saturated heterocycles. The highest BCUT2D eigenvalue weighted by Crippen LogP contribution is 2.33. The van der Waals surface area contributed by atoms with Crippen LogP contribution in [0.2, 0.25) is 5.02 Å². The van der Waals surface area contributed by atoms with Crippen LogP contribution in [-0.4, -0.2) is 86.6 Å². The van der Waals surface area contributed by atoms with Crippen LogP contribution in [0.5, 0.6) is 0 Å². The Labute approximate surface area is 223 Å². The van der Waals surface area contributed by atoms with Crippen molar-refractivity contribution in [2.45, 2.75) is 16.8 Å². The third-order valence-electron chi connectivity index (χ3n) is 6.54. The molecule has 9 nitrogen and oxygen atoms in total. The zero-order valence-electron chi connectivity index (χ0n) is 20.3. The minimum atomic E-state index is -4.03. The first kappa shape index (κ1) is 25.7. The van der Waals surface area contributed by atoms with Gasteiger partial charge in [0.2, 0.25) is 5.91 Å². The van der Waals surface area contributed by atoms with Crippen LogP contribution in [-0.2, 0) is 30.9 Å². The fourth-order valence-corrected chi connectivity index (χ4v) is 7.75. The highest BCUT2D eigenvalue weighted by Gasteiger charge is 2.42. The quantitative estimate of drug-likeness (QED) is 0.430. The second-order valence-electron chi connectivity index (χ2n) is 8.93. The second kappa shape index (κ2) is 10.1. The highest BCUT2D eigenvalue weighted by atomic mass is 35.5. The summed E-state index contributed by atoms with van der Waals surface area (Å²) in [7, 11) is -0.814. The standard InChI is InChI=1S/C25H25ClN4O5S2/c1-28-10-9-27-24(28)17-5-3-16(4-6-17)13-30-20(25(32)35-2)14-29(15-22(30)31)37(33,34)23-11-18-7-8-19(26)12-21(18)36-23/h3-8,11-12,20H,9-10,13-15H2,1-2H3/t20-/m1/s1. The third kappa shape index (κ3) is 4.96. The number of nitrogens with zero attached hydrogens (tertiary/aromatic N) is 4. The number of piperazine rings is 1. The van der Waals surface area contributed by atoms with Crippen LogP contribution < -0.4 is 0 Å². The van der Waals surface area contributed by atoms with E-state index in [2.05, 4.69) is 9.89 Å². The molecule has 0 saturated carbocycles. The predicted octanol–water partition coefficient (Wildman–Crippen LogP) is 2.82. The molecule has 1 aromatic heterocycles. The molecule has 0 spiro atoms. The second-order valence-corrected chi connectivity index (χ2v) is 12.6. The van der Waals surface area contributed by atoms with Crippen molar-refractivity contribution >= 4 is 60.8 Å². The van der Waals surface area contributed by atoms with E-state index in [1.54, 1.807) is 24.3 Å². The molecule has 0 radical (unpaired) electrons. The van der Waals surface area contributed by atoms with Crippen molar-refractivity contribution in [1.29, 1.82) is 0 Å². The van der Waals surface area contributed by atoms with Crippen molar-refractivity contribution in [2.75, 3.05) is 40.3 Å². The maximum Gasteiger partial charge on any atom is 0.329 e. The summed E-state index contributed by atoms with van der Waals surface area (Å²) in [6.07, 6.45) is 0. The van der Waals surface area contributed by atoms with Gasteiger partial charge in [-0.1, -0.05) is 41.9 Å². The van der Waals surface area contributed by atoms with Crippen molar-refractivity contribution in [3.8, 4) is 0 Å². The number of thiophene rings is 1. The number of fused-ring (bicyclic) bond motifs is 1. The molecule has 0 unspecified atom stereocenters. The number of ether oxygens (including phenoxy) is 1. The van der Waals surface area contributed by atoms with Gasteiger partial charge in [0.25, 0.3) is 10.0 Å². The number of carbonyl (C=O) groups excluding carboxylic acids is 2. The fraction of sp³-hybridized carbons (Fsp3) is 0.320. The maximum absolute atomic E-state index is 13.5. The molecule has 1 atom stereocenters. The molecule has 1 amide bonds. The molecule has 0 aliphatic carbocycles. The van der Waals surface area contributed by atoms with Crippen LogP contribution in [0.15, 0.2) is 57.7 Å². The normalized spacial score (nSPS) is 18.9. The number of amides is 1. The Morgan fingerprint density at radius 2 is 1.95 bits per heavy atom. The molecule has 12 heteroatoms. The van der Waals surface area contributed by atoms with Gasteiger partial charge in [-0.2, -0.15) is 4.31 Å². The molecule has 2 aliphatic rings. The zero-order valence-corrected chi connectivity index (χ0v) is 22.6. The number of amidine groups is 1. The molecule has 2 aliphatic heterocycles. The van der Waals surface area contributed by atoms with Crippen LogP contribution in [0, 0.1) is 0 Å². The molecule has 0 N–H and O–H groups in total. The SMILES string of the molecule is COC(=O)[C@H]1CN(S(=O)(=O)c2cc3ccc(Cl)cc3s2)CC(=O)N1Cc1ccc(C2=NCCN2C)cc1. The average Bonchev–Trinajstić information content (AvgIpc) is 3.51. The fourth-order valence-electron chi connectivity index (χ4n) is 4.53. The van der Waals surface area contributed by atoms with Crippen molar-refractivity contribution in [3.05, 3.63) is 64.7 Å². The van der Waals surface area contributed by atoms with Gasteiger partial charge in [-0.05, 0) is 29.1 Å². The van der Waals surface area contributed by atoms with E-state index in [0.29, 0.717) is 5.02 Å². The number of carbonyl (C=O) groups is 2. The largest absolute Gasteiger partial charge is 0.467 e. The molecule has 0 bridgehead atoms. The summed E-state index contributed by atoms with van der Waals surface area (Å²) in [6.45, 7) is 1.20. The van der Waals surface area contributed by atoms with E-state index in [4.69, 9.17) is 16.3 Å². The Morgan fingerprint density at radius 3 is 2.62 bits per heavy atom. The number of aliphatic imine (C=N–C) groups is 1. The van der Waals surface area contributed by atoms with E-state index >= 15 is 0 Å². The van der Waals surface area contributed by atoms with Crippen molar-refractivity contribution in [1.82, 2.24) is 14.1 Å². The Morgan fingerprint density at radius 1 is 1.19 bits per heavy atom. The average molecular weight is 561 g/mol. The number of likely N-dealkylation sites (N-methyl/N-ethyl adjacent to an activating group) is 1. The van der Waals surface area contributed by atoms with Crippen LogP contribution >= 0.6 is 22.9 Å². The summed E-state index contributed by atoms with van der Waals surface area (Å²) in [6, 6.07) is 13.3. The maximum atomic E-state index is 13.5. The van der Waals surface area contributed by atoms with E-state index in [-0.39, 0.29) is 23.8 Å². The van der Waals surface area contributed by atoms with Gasteiger partial charge in [-0.25, -0.2) is 13.2 Å². The monoisotopic (exact) mass is 560 g/mol. The summed E-state index contributed by atoms with van der Waals surface area (Å²) in [5, 5.41) is 1.24. The van der Waals surface area contributed by atoms with Gasteiger partial charge in [0, 0.05) is 42.0 Å². The van der Waals surface area contributed by atoms with Crippen molar-refractivity contribution in [2.24, 2.45) is 4.99 Å². The minimum absolute atomic E-state index is 0.0880. The van der Waals surface area contributed by atoms with E-state index in [1.807, 2.05) is 31.3 Å². The molecule has 1 fully saturated rings. The summed E-state index contributed by atoms with van der Waals surface area (Å²) >= 11 is 7.12. The van der Waals surface area contributed by atoms with Gasteiger partial charge >= 0.3 is 5.97 Å². The number of methoxy groups -OCH3 is 1. The van der Waals surface area contributed by atoms with E-state index in [1.165, 1.54) is 12.0 Å². The molecule has 194 valence electrons. The van der Waals surface area contributed by atoms with Crippen molar-refractivity contribution in [3.63, 3.8) is 0 Å². The molecule has 2 aromatic carbocycles. The van der Waals surface area contributed by atoms with Crippen molar-refractivity contribution < 1.29 is 22.7 Å². The Balaban J connectivity index is 1.38. The van der Waals surface area contributed by atoms with Gasteiger partial charge in [0.05, 0.1) is 20.2 Å². The number of benzene rings is 2. The number of hydrogen-bond acceptors (Lipinski definition) is 8. The lowest BCUT2D eigenvalue weighted by molar-refractivity contribution is -0.157. The van der Waals surface area contributed by atoms with E-state index in [0.717, 1.165) is 55.8 Å². The van der Waals surface area contributed by atoms with Gasteiger partial charge < -0.3 is 14.5 Å². The summed E-state index contributed by atoms with van der Waals surface area (Å²) in [5.74, 6) is -0.231. The Bertz CT molecular complexity index is 1500. The molecular weight excluding hydrogens is 536 g/mol. The predicted molar refractivity (Wildman–Crippen MR) is 142 cm³/mol. The van der Waals surface area contributed by atoms with E-state index in [9.17, 15) is 18.0 Å². The zero-order chi connectivity index (χ0) is 26.3. The summed E-state index contributed by atoms with van der Waals surface area (Å²) in [5.41, 5.74) is 1.78. The first-order chi connectivity index (χ1) is 17.7. The number of halogens is 1. The molecule has 37 heavy (non-hydrogen) atoms.